The molecule has 0 aliphatic heterocycles. The van der Waals surface area contributed by atoms with Gasteiger partial charge in [0.15, 0.2) is 6.10 Å². The third kappa shape index (κ3) is 5.75. The van der Waals surface area contributed by atoms with Crippen LogP contribution in [-0.4, -0.2) is 20.4 Å². The number of sulfonamides is 1. The van der Waals surface area contributed by atoms with Crippen LogP contribution < -0.4 is 14.8 Å². The number of amides is 1. The number of benzene rings is 3. The molecule has 3 aromatic rings. The highest BCUT2D eigenvalue weighted by atomic mass is 35.5. The average molecular weight is 445 g/mol. The van der Waals surface area contributed by atoms with Crippen molar-refractivity contribution >= 4 is 38.9 Å². The van der Waals surface area contributed by atoms with Crippen LogP contribution in [0.3, 0.4) is 0 Å². The Kier molecular flexibility index (Phi) is 6.64. The number of ether oxygens (including phenoxy) is 1. The second-order valence-corrected chi connectivity index (χ2v) is 8.82. The van der Waals surface area contributed by atoms with E-state index >= 15 is 0 Å². The Morgan fingerprint density at radius 1 is 0.900 bits per heavy atom. The van der Waals surface area contributed by atoms with Gasteiger partial charge in [-0.05, 0) is 74.5 Å². The number of nitrogens with one attached hydrogen (secondary N) is 2. The quantitative estimate of drug-likeness (QED) is 0.545. The molecule has 0 unspecified atom stereocenters. The van der Waals surface area contributed by atoms with Crippen molar-refractivity contribution in [1.82, 2.24) is 0 Å². The molecule has 3 aromatic carbocycles. The van der Waals surface area contributed by atoms with Crippen molar-refractivity contribution in [1.29, 1.82) is 0 Å². The molecule has 30 heavy (non-hydrogen) atoms. The van der Waals surface area contributed by atoms with Gasteiger partial charge in [-0.15, -0.1) is 0 Å². The van der Waals surface area contributed by atoms with Crippen molar-refractivity contribution < 1.29 is 17.9 Å². The fraction of sp³-hybridized carbons (Fsp3) is 0.136. The summed E-state index contributed by atoms with van der Waals surface area (Å²) in [6.07, 6.45) is -0.720. The van der Waals surface area contributed by atoms with E-state index in [1.807, 2.05) is 19.1 Å². The van der Waals surface area contributed by atoms with Crippen molar-refractivity contribution in [2.24, 2.45) is 0 Å². The summed E-state index contributed by atoms with van der Waals surface area (Å²) in [5.41, 5.74) is 1.96. The lowest BCUT2D eigenvalue weighted by Crippen LogP contribution is -2.30. The zero-order chi connectivity index (χ0) is 21.7. The molecule has 3 rings (SSSR count). The topological polar surface area (TPSA) is 84.5 Å². The number of rotatable bonds is 7. The summed E-state index contributed by atoms with van der Waals surface area (Å²) in [5.74, 6) is 0.253. The first-order valence-electron chi connectivity index (χ1n) is 9.15. The van der Waals surface area contributed by atoms with Gasteiger partial charge in [-0.1, -0.05) is 29.3 Å². The van der Waals surface area contributed by atoms with E-state index in [-0.39, 0.29) is 10.8 Å². The summed E-state index contributed by atoms with van der Waals surface area (Å²) in [6.45, 7) is 3.61. The van der Waals surface area contributed by atoms with E-state index in [2.05, 4.69) is 10.0 Å². The largest absolute Gasteiger partial charge is 0.481 e. The Hall–Kier alpha value is -3.03. The summed E-state index contributed by atoms with van der Waals surface area (Å²) in [7, 11) is -3.76. The molecule has 0 heterocycles. The minimum Gasteiger partial charge on any atom is -0.481 e. The maximum atomic E-state index is 12.5. The molecule has 8 heteroatoms. The lowest BCUT2D eigenvalue weighted by atomic mass is 10.2. The normalized spacial score (nSPS) is 12.1. The van der Waals surface area contributed by atoms with E-state index in [9.17, 15) is 13.2 Å². The molecule has 1 amide bonds. The first kappa shape index (κ1) is 21.7. The second-order valence-electron chi connectivity index (χ2n) is 6.70. The van der Waals surface area contributed by atoms with Gasteiger partial charge in [0.05, 0.1) is 4.90 Å². The van der Waals surface area contributed by atoms with Crippen LogP contribution in [0.15, 0.2) is 77.7 Å². The number of aryl methyl sites for hydroxylation is 1. The van der Waals surface area contributed by atoms with Crippen LogP contribution in [0.2, 0.25) is 5.02 Å². The number of hydrogen-bond donors (Lipinski definition) is 2. The molecule has 0 spiro atoms. The number of carbonyl (C=O) groups is 1. The van der Waals surface area contributed by atoms with Gasteiger partial charge in [0.25, 0.3) is 15.9 Å². The number of hydrogen-bond acceptors (Lipinski definition) is 4. The fourth-order valence-corrected chi connectivity index (χ4v) is 3.75. The van der Waals surface area contributed by atoms with Crippen LogP contribution >= 0.6 is 11.6 Å². The van der Waals surface area contributed by atoms with Gasteiger partial charge in [0.2, 0.25) is 0 Å². The molecule has 0 bridgehead atoms. The molecular formula is C22H21ClN2O4S. The van der Waals surface area contributed by atoms with E-state index in [4.69, 9.17) is 16.3 Å². The smallest absolute Gasteiger partial charge is 0.265 e. The van der Waals surface area contributed by atoms with E-state index in [1.165, 1.54) is 24.3 Å². The minimum absolute atomic E-state index is 0.0689. The highest BCUT2D eigenvalue weighted by molar-refractivity contribution is 7.92. The van der Waals surface area contributed by atoms with Gasteiger partial charge in [0.1, 0.15) is 5.75 Å². The Balaban J connectivity index is 1.62. The van der Waals surface area contributed by atoms with Gasteiger partial charge >= 0.3 is 0 Å². The molecule has 1 atom stereocenters. The van der Waals surface area contributed by atoms with Crippen LogP contribution in [0.25, 0.3) is 0 Å². The summed E-state index contributed by atoms with van der Waals surface area (Å²) < 4.78 is 33.1. The van der Waals surface area contributed by atoms with Gasteiger partial charge in [0, 0.05) is 16.4 Å². The highest BCUT2D eigenvalue weighted by Crippen LogP contribution is 2.20. The lowest BCUT2D eigenvalue weighted by molar-refractivity contribution is -0.122. The SMILES string of the molecule is Cc1ccc(O[C@@H](C)C(=O)Nc2ccc(S(=O)(=O)Nc3ccc(Cl)cc3)cc2)cc1. The fourth-order valence-electron chi connectivity index (χ4n) is 2.57. The molecule has 156 valence electrons. The summed E-state index contributed by atoms with van der Waals surface area (Å²) in [4.78, 5) is 12.4. The van der Waals surface area contributed by atoms with E-state index in [0.29, 0.717) is 22.1 Å². The minimum atomic E-state index is -3.76. The molecule has 2 N–H and O–H groups in total. The van der Waals surface area contributed by atoms with Gasteiger partial charge in [-0.3, -0.25) is 9.52 Å². The van der Waals surface area contributed by atoms with Crippen LogP contribution in [0.5, 0.6) is 5.75 Å². The molecule has 0 aliphatic rings. The summed E-state index contributed by atoms with van der Waals surface area (Å²) >= 11 is 5.81. The molecule has 0 radical (unpaired) electrons. The Labute approximate surface area is 180 Å². The predicted molar refractivity (Wildman–Crippen MR) is 119 cm³/mol. The third-order valence-electron chi connectivity index (χ3n) is 4.23. The highest BCUT2D eigenvalue weighted by Gasteiger charge is 2.17. The van der Waals surface area contributed by atoms with Crippen molar-refractivity contribution in [2.75, 3.05) is 10.0 Å². The van der Waals surface area contributed by atoms with Crippen molar-refractivity contribution in [2.45, 2.75) is 24.8 Å². The second kappa shape index (κ2) is 9.19. The van der Waals surface area contributed by atoms with E-state index < -0.39 is 16.1 Å². The molecular weight excluding hydrogens is 424 g/mol. The first-order chi connectivity index (χ1) is 14.2. The molecule has 6 nitrogen and oxygen atoms in total. The molecule has 0 saturated heterocycles. The van der Waals surface area contributed by atoms with Crippen molar-refractivity contribution in [3.8, 4) is 5.75 Å². The van der Waals surface area contributed by atoms with Crippen molar-refractivity contribution in [3.63, 3.8) is 0 Å². The van der Waals surface area contributed by atoms with Crippen LogP contribution in [0, 0.1) is 6.92 Å². The van der Waals surface area contributed by atoms with Gasteiger partial charge in [-0.25, -0.2) is 8.42 Å². The average Bonchev–Trinajstić information content (AvgIpc) is 2.71. The Morgan fingerprint density at radius 3 is 2.07 bits per heavy atom. The molecule has 0 fully saturated rings. The number of halogens is 1. The van der Waals surface area contributed by atoms with Gasteiger partial charge in [-0.2, -0.15) is 0 Å². The molecule has 0 aromatic heterocycles. The Bertz CT molecular complexity index is 1110. The molecule has 0 aliphatic carbocycles. The first-order valence-corrected chi connectivity index (χ1v) is 11.0. The van der Waals surface area contributed by atoms with Gasteiger partial charge < -0.3 is 10.1 Å². The summed E-state index contributed by atoms with van der Waals surface area (Å²) in [6, 6.07) is 19.6. The Morgan fingerprint density at radius 2 is 1.47 bits per heavy atom. The van der Waals surface area contributed by atoms with Crippen LogP contribution in [-0.2, 0) is 14.8 Å². The van der Waals surface area contributed by atoms with Crippen molar-refractivity contribution in [3.05, 3.63) is 83.4 Å². The number of anilines is 2. The van der Waals surface area contributed by atoms with E-state index in [0.717, 1.165) is 5.56 Å². The lowest BCUT2D eigenvalue weighted by Gasteiger charge is -2.15. The predicted octanol–water partition coefficient (Wildman–Crippen LogP) is 4.86. The summed E-state index contributed by atoms with van der Waals surface area (Å²) in [5, 5.41) is 3.23. The van der Waals surface area contributed by atoms with Crippen LogP contribution in [0.1, 0.15) is 12.5 Å². The standard InChI is InChI=1S/C22H21ClN2O4S/c1-15-3-11-20(12-4-15)29-16(2)22(26)24-18-9-13-21(14-10-18)30(27,28)25-19-7-5-17(23)6-8-19/h3-14,16,25H,1-2H3,(H,24,26)/t16-/m0/s1. The van der Waals surface area contributed by atoms with Crippen LogP contribution in [0.4, 0.5) is 11.4 Å². The van der Waals surface area contributed by atoms with E-state index in [1.54, 1.807) is 43.3 Å². The monoisotopic (exact) mass is 444 g/mol. The number of carbonyl (C=O) groups excluding carboxylic acids is 1. The zero-order valence-electron chi connectivity index (χ0n) is 16.4. The third-order valence-corrected chi connectivity index (χ3v) is 5.88. The zero-order valence-corrected chi connectivity index (χ0v) is 18.0. The maximum Gasteiger partial charge on any atom is 0.265 e. The maximum absolute atomic E-state index is 12.5. The molecule has 0 saturated carbocycles.